The lowest BCUT2D eigenvalue weighted by Crippen LogP contribution is -2.28. The molecule has 0 amide bonds. The summed E-state index contributed by atoms with van der Waals surface area (Å²) in [6.45, 7) is 5.67. The number of tetrazole rings is 1. The van der Waals surface area contributed by atoms with E-state index in [1.807, 2.05) is 38.1 Å². The van der Waals surface area contributed by atoms with Crippen molar-refractivity contribution in [2.45, 2.75) is 26.9 Å². The Morgan fingerprint density at radius 1 is 1.08 bits per heavy atom. The zero-order valence-electron chi connectivity index (χ0n) is 14.2. The Morgan fingerprint density at radius 3 is 2.64 bits per heavy atom. The van der Waals surface area contributed by atoms with Crippen LogP contribution in [0.2, 0.25) is 0 Å². The summed E-state index contributed by atoms with van der Waals surface area (Å²) in [4.78, 5) is 12.3. The molecule has 0 bridgehead atoms. The Balaban J connectivity index is 1.67. The van der Waals surface area contributed by atoms with Gasteiger partial charge in [-0.05, 0) is 66.6 Å². The predicted octanol–water partition coefficient (Wildman–Crippen LogP) is 2.65. The summed E-state index contributed by atoms with van der Waals surface area (Å²) in [6, 6.07) is 12.6. The average molecular weight is 338 g/mol. The van der Waals surface area contributed by atoms with Gasteiger partial charge in [-0.1, -0.05) is 12.1 Å². The maximum atomic E-state index is 12.3. The summed E-state index contributed by atoms with van der Waals surface area (Å²) in [5, 5.41) is 11.0. The number of benzene rings is 2. The molecule has 1 atom stereocenters. The summed E-state index contributed by atoms with van der Waals surface area (Å²) < 4.78 is 12.5. The van der Waals surface area contributed by atoms with E-state index >= 15 is 0 Å². The Kier molecular flexibility index (Phi) is 4.74. The maximum Gasteiger partial charge on any atom is 0.352 e. The summed E-state index contributed by atoms with van der Waals surface area (Å²) in [5.74, 6) is 0.552. The van der Waals surface area contributed by atoms with E-state index in [2.05, 4.69) is 15.5 Å². The molecular formula is C18H18N4O3. The van der Waals surface area contributed by atoms with Gasteiger partial charge in [-0.2, -0.15) is 0 Å². The van der Waals surface area contributed by atoms with E-state index in [4.69, 9.17) is 9.47 Å². The first kappa shape index (κ1) is 16.6. The van der Waals surface area contributed by atoms with Gasteiger partial charge < -0.3 is 9.47 Å². The van der Waals surface area contributed by atoms with E-state index in [9.17, 15) is 4.79 Å². The smallest absolute Gasteiger partial charge is 0.352 e. The summed E-state index contributed by atoms with van der Waals surface area (Å²) in [7, 11) is 0. The van der Waals surface area contributed by atoms with Gasteiger partial charge >= 0.3 is 5.97 Å². The number of carbonyl (C=O) groups excluding carboxylic acids is 1. The van der Waals surface area contributed by atoms with Gasteiger partial charge in [0.05, 0.1) is 5.69 Å². The average Bonchev–Trinajstić information content (AvgIpc) is 3.13. The van der Waals surface area contributed by atoms with Gasteiger partial charge in [0.1, 0.15) is 17.8 Å². The van der Waals surface area contributed by atoms with Gasteiger partial charge in [0, 0.05) is 6.07 Å². The van der Waals surface area contributed by atoms with Crippen LogP contribution in [0.5, 0.6) is 11.5 Å². The summed E-state index contributed by atoms with van der Waals surface area (Å²) in [6.07, 6.45) is 0.727. The van der Waals surface area contributed by atoms with Crippen LogP contribution < -0.4 is 9.47 Å². The molecule has 3 aromatic rings. The van der Waals surface area contributed by atoms with Gasteiger partial charge in [0.15, 0.2) is 6.10 Å². The third-order valence-electron chi connectivity index (χ3n) is 3.77. The highest BCUT2D eigenvalue weighted by Crippen LogP contribution is 2.20. The van der Waals surface area contributed by atoms with Crippen molar-refractivity contribution >= 4 is 5.97 Å². The molecule has 0 fully saturated rings. The lowest BCUT2D eigenvalue weighted by atomic mass is 10.1. The third-order valence-corrected chi connectivity index (χ3v) is 3.77. The monoisotopic (exact) mass is 338 g/mol. The van der Waals surface area contributed by atoms with Crippen LogP contribution in [0.25, 0.3) is 5.69 Å². The Hall–Kier alpha value is -3.22. The minimum absolute atomic E-state index is 0.397. The van der Waals surface area contributed by atoms with Crippen LogP contribution in [0.1, 0.15) is 18.1 Å². The van der Waals surface area contributed by atoms with Crippen LogP contribution in [-0.2, 0) is 4.79 Å². The SMILES string of the molecule is Cc1ccc(OC(C)C(=O)Oc2cccc(-n3cnnn3)c2)cc1C. The number of esters is 1. The quantitative estimate of drug-likeness (QED) is 0.526. The first-order chi connectivity index (χ1) is 12.0. The molecule has 0 aliphatic carbocycles. The van der Waals surface area contributed by atoms with E-state index in [0.717, 1.165) is 5.56 Å². The van der Waals surface area contributed by atoms with Gasteiger partial charge in [0.25, 0.3) is 0 Å². The van der Waals surface area contributed by atoms with Crippen molar-refractivity contribution in [2.75, 3.05) is 0 Å². The number of nitrogens with zero attached hydrogens (tertiary/aromatic N) is 4. The number of hydrogen-bond donors (Lipinski definition) is 0. The normalized spacial score (nSPS) is 11.8. The first-order valence-corrected chi connectivity index (χ1v) is 7.82. The first-order valence-electron chi connectivity index (χ1n) is 7.82. The van der Waals surface area contributed by atoms with Gasteiger partial charge in [0.2, 0.25) is 0 Å². The Morgan fingerprint density at radius 2 is 1.92 bits per heavy atom. The van der Waals surface area contributed by atoms with Crippen molar-refractivity contribution in [3.63, 3.8) is 0 Å². The van der Waals surface area contributed by atoms with E-state index in [1.54, 1.807) is 25.1 Å². The van der Waals surface area contributed by atoms with Crippen molar-refractivity contribution < 1.29 is 14.3 Å². The highest BCUT2D eigenvalue weighted by Gasteiger charge is 2.18. The van der Waals surface area contributed by atoms with E-state index in [-0.39, 0.29) is 0 Å². The van der Waals surface area contributed by atoms with Crippen LogP contribution in [-0.4, -0.2) is 32.3 Å². The number of rotatable bonds is 5. The highest BCUT2D eigenvalue weighted by atomic mass is 16.6. The van der Waals surface area contributed by atoms with Crippen molar-refractivity contribution in [1.29, 1.82) is 0 Å². The molecule has 25 heavy (non-hydrogen) atoms. The van der Waals surface area contributed by atoms with Crippen LogP contribution in [0.15, 0.2) is 48.8 Å². The molecule has 0 spiro atoms. The molecule has 0 aliphatic heterocycles. The molecule has 0 saturated heterocycles. The lowest BCUT2D eigenvalue weighted by Gasteiger charge is -2.15. The second-order valence-corrected chi connectivity index (χ2v) is 5.68. The molecular weight excluding hydrogens is 320 g/mol. The molecule has 1 heterocycles. The van der Waals surface area contributed by atoms with Crippen molar-refractivity contribution in [3.8, 4) is 17.2 Å². The minimum atomic E-state index is -0.737. The van der Waals surface area contributed by atoms with Crippen LogP contribution in [0.3, 0.4) is 0 Å². The predicted molar refractivity (Wildman–Crippen MR) is 90.8 cm³/mol. The van der Waals surface area contributed by atoms with Gasteiger partial charge in [-0.3, -0.25) is 0 Å². The van der Waals surface area contributed by atoms with Crippen LogP contribution >= 0.6 is 0 Å². The zero-order valence-corrected chi connectivity index (χ0v) is 14.2. The fourth-order valence-electron chi connectivity index (χ4n) is 2.21. The molecule has 0 aliphatic rings. The molecule has 128 valence electrons. The molecule has 3 rings (SSSR count). The zero-order chi connectivity index (χ0) is 17.8. The van der Waals surface area contributed by atoms with E-state index in [1.165, 1.54) is 16.6 Å². The summed E-state index contributed by atoms with van der Waals surface area (Å²) in [5.41, 5.74) is 2.97. The molecule has 2 aromatic carbocycles. The summed E-state index contributed by atoms with van der Waals surface area (Å²) >= 11 is 0. The molecule has 0 saturated carbocycles. The second kappa shape index (κ2) is 7.12. The number of aromatic nitrogens is 4. The molecule has 0 N–H and O–H groups in total. The number of ether oxygens (including phenoxy) is 2. The molecule has 0 radical (unpaired) electrons. The third kappa shape index (κ3) is 4.00. The topological polar surface area (TPSA) is 79.1 Å². The number of aryl methyl sites for hydroxylation is 2. The largest absolute Gasteiger partial charge is 0.479 e. The Bertz CT molecular complexity index is 878. The minimum Gasteiger partial charge on any atom is -0.479 e. The van der Waals surface area contributed by atoms with Crippen LogP contribution in [0.4, 0.5) is 0 Å². The standard InChI is InChI=1S/C18H18N4O3/c1-12-7-8-17(9-13(12)2)24-14(3)18(23)25-16-6-4-5-15(10-16)22-11-19-20-21-22/h4-11,14H,1-3H3. The maximum absolute atomic E-state index is 12.3. The number of carbonyl (C=O) groups is 1. The molecule has 7 nitrogen and oxygen atoms in total. The van der Waals surface area contributed by atoms with Crippen molar-refractivity contribution in [2.24, 2.45) is 0 Å². The van der Waals surface area contributed by atoms with Gasteiger partial charge in [-0.25, -0.2) is 9.48 Å². The van der Waals surface area contributed by atoms with Crippen LogP contribution in [0, 0.1) is 13.8 Å². The fourth-order valence-corrected chi connectivity index (χ4v) is 2.21. The van der Waals surface area contributed by atoms with E-state index < -0.39 is 12.1 Å². The molecule has 1 aromatic heterocycles. The fraction of sp³-hybridized carbons (Fsp3) is 0.222. The van der Waals surface area contributed by atoms with Crippen molar-refractivity contribution in [1.82, 2.24) is 20.2 Å². The Labute approximate surface area is 145 Å². The molecule has 7 heteroatoms. The highest BCUT2D eigenvalue weighted by molar-refractivity contribution is 5.77. The van der Waals surface area contributed by atoms with Gasteiger partial charge in [-0.15, -0.1) is 5.10 Å². The van der Waals surface area contributed by atoms with Crippen molar-refractivity contribution in [3.05, 3.63) is 59.9 Å². The molecule has 1 unspecified atom stereocenters. The second-order valence-electron chi connectivity index (χ2n) is 5.68. The van der Waals surface area contributed by atoms with E-state index in [0.29, 0.717) is 17.2 Å². The lowest BCUT2D eigenvalue weighted by molar-refractivity contribution is -0.141. The number of hydrogen-bond acceptors (Lipinski definition) is 6.